The second-order valence-corrected chi connectivity index (χ2v) is 4.30. The van der Waals surface area contributed by atoms with Gasteiger partial charge in [-0.3, -0.25) is 10.1 Å². The van der Waals surface area contributed by atoms with Crippen molar-refractivity contribution in [3.63, 3.8) is 0 Å². The second-order valence-electron chi connectivity index (χ2n) is 3.86. The monoisotopic (exact) mass is 280 g/mol. The van der Waals surface area contributed by atoms with E-state index < -0.39 is 4.92 Å². The maximum atomic E-state index is 13.4. The summed E-state index contributed by atoms with van der Waals surface area (Å²) in [6, 6.07) is 10.4. The van der Waals surface area contributed by atoms with Crippen LogP contribution in [0.25, 0.3) is 0 Å². The fourth-order valence-electron chi connectivity index (χ4n) is 1.64. The summed E-state index contributed by atoms with van der Waals surface area (Å²) in [6.07, 6.45) is 0. The normalized spacial score (nSPS) is 10.2. The van der Waals surface area contributed by atoms with Gasteiger partial charge in [-0.1, -0.05) is 29.8 Å². The fourth-order valence-corrected chi connectivity index (χ4v) is 1.81. The van der Waals surface area contributed by atoms with Crippen LogP contribution in [-0.2, 0) is 6.54 Å². The Kier molecular flexibility index (Phi) is 3.97. The average Bonchev–Trinajstić information content (AvgIpc) is 2.37. The van der Waals surface area contributed by atoms with Gasteiger partial charge in [0.2, 0.25) is 0 Å². The number of nitro benzene ring substituents is 1. The maximum absolute atomic E-state index is 13.4. The van der Waals surface area contributed by atoms with Gasteiger partial charge in [0.1, 0.15) is 11.5 Å². The number of hydrogen-bond acceptors (Lipinski definition) is 3. The minimum absolute atomic E-state index is 0.0965. The molecular formula is C13H10ClFN2O2. The lowest BCUT2D eigenvalue weighted by molar-refractivity contribution is -0.384. The van der Waals surface area contributed by atoms with Gasteiger partial charge < -0.3 is 5.32 Å². The molecule has 4 nitrogen and oxygen atoms in total. The first-order valence-corrected chi connectivity index (χ1v) is 5.87. The van der Waals surface area contributed by atoms with Gasteiger partial charge in [0.25, 0.3) is 5.69 Å². The van der Waals surface area contributed by atoms with E-state index in [1.54, 1.807) is 18.2 Å². The van der Waals surface area contributed by atoms with Gasteiger partial charge in [0.15, 0.2) is 0 Å². The van der Waals surface area contributed by atoms with Crippen molar-refractivity contribution < 1.29 is 9.31 Å². The molecule has 0 bridgehead atoms. The lowest BCUT2D eigenvalue weighted by atomic mass is 10.2. The number of rotatable bonds is 4. The molecule has 2 aromatic carbocycles. The van der Waals surface area contributed by atoms with Gasteiger partial charge in [0.05, 0.1) is 4.92 Å². The summed E-state index contributed by atoms with van der Waals surface area (Å²) >= 11 is 5.80. The van der Waals surface area contributed by atoms with E-state index in [2.05, 4.69) is 5.32 Å². The van der Waals surface area contributed by atoms with Crippen molar-refractivity contribution in [2.45, 2.75) is 6.54 Å². The molecule has 0 saturated carbocycles. The van der Waals surface area contributed by atoms with Gasteiger partial charge >= 0.3 is 0 Å². The zero-order valence-corrected chi connectivity index (χ0v) is 10.5. The first-order chi connectivity index (χ1) is 9.08. The van der Waals surface area contributed by atoms with Crippen LogP contribution in [0.15, 0.2) is 42.5 Å². The molecular weight excluding hydrogens is 271 g/mol. The van der Waals surface area contributed by atoms with Gasteiger partial charge in [-0.2, -0.15) is 0 Å². The summed E-state index contributed by atoms with van der Waals surface area (Å²) in [6.45, 7) is 0.147. The maximum Gasteiger partial charge on any atom is 0.292 e. The van der Waals surface area contributed by atoms with E-state index in [1.807, 2.05) is 0 Å². The van der Waals surface area contributed by atoms with E-state index >= 15 is 0 Å². The van der Waals surface area contributed by atoms with E-state index in [4.69, 9.17) is 11.6 Å². The molecule has 0 radical (unpaired) electrons. The first-order valence-electron chi connectivity index (χ1n) is 5.49. The largest absolute Gasteiger partial charge is 0.375 e. The summed E-state index contributed by atoms with van der Waals surface area (Å²) in [5, 5.41) is 14.1. The Hall–Kier alpha value is -2.14. The summed E-state index contributed by atoms with van der Waals surface area (Å²) in [4.78, 5) is 10.3. The summed E-state index contributed by atoms with van der Waals surface area (Å²) in [5.74, 6) is -0.361. The van der Waals surface area contributed by atoms with Crippen LogP contribution < -0.4 is 5.32 Å². The Morgan fingerprint density at radius 3 is 2.68 bits per heavy atom. The molecule has 2 aromatic rings. The molecule has 0 unspecified atom stereocenters. The minimum Gasteiger partial charge on any atom is -0.375 e. The predicted octanol–water partition coefficient (Wildman–Crippen LogP) is 4.00. The lowest BCUT2D eigenvalue weighted by Gasteiger charge is -2.08. The second kappa shape index (κ2) is 5.67. The van der Waals surface area contributed by atoms with E-state index in [0.717, 1.165) is 0 Å². The van der Waals surface area contributed by atoms with E-state index in [1.165, 1.54) is 24.3 Å². The number of anilines is 1. The minimum atomic E-state index is -0.514. The molecule has 0 fully saturated rings. The molecule has 0 atom stereocenters. The van der Waals surface area contributed by atoms with Crippen molar-refractivity contribution in [3.8, 4) is 0 Å². The predicted molar refractivity (Wildman–Crippen MR) is 71.8 cm³/mol. The van der Waals surface area contributed by atoms with Crippen LogP contribution in [0.2, 0.25) is 5.02 Å². The molecule has 0 heterocycles. The molecule has 98 valence electrons. The van der Waals surface area contributed by atoms with Gasteiger partial charge in [-0.25, -0.2) is 4.39 Å². The van der Waals surface area contributed by atoms with Crippen molar-refractivity contribution in [2.75, 3.05) is 5.32 Å². The van der Waals surface area contributed by atoms with Crippen LogP contribution in [0.4, 0.5) is 15.8 Å². The number of nitrogens with zero attached hydrogens (tertiary/aromatic N) is 1. The third kappa shape index (κ3) is 3.20. The Balaban J connectivity index is 2.22. The zero-order valence-electron chi connectivity index (χ0n) is 9.77. The number of nitrogens with one attached hydrogen (secondary N) is 1. The van der Waals surface area contributed by atoms with Crippen LogP contribution in [-0.4, -0.2) is 4.92 Å². The fraction of sp³-hybridized carbons (Fsp3) is 0.0769. The molecule has 0 spiro atoms. The average molecular weight is 281 g/mol. The molecule has 0 amide bonds. The molecule has 0 aliphatic heterocycles. The number of benzene rings is 2. The molecule has 6 heteroatoms. The van der Waals surface area contributed by atoms with Crippen LogP contribution in [0.1, 0.15) is 5.56 Å². The summed E-state index contributed by atoms with van der Waals surface area (Å²) in [5.41, 5.74) is 0.596. The quantitative estimate of drug-likeness (QED) is 0.680. The van der Waals surface area contributed by atoms with Crippen LogP contribution in [0.3, 0.4) is 0 Å². The highest BCUT2D eigenvalue weighted by molar-refractivity contribution is 6.31. The molecule has 0 aliphatic rings. The van der Waals surface area contributed by atoms with E-state index in [-0.39, 0.29) is 23.7 Å². The highest BCUT2D eigenvalue weighted by Gasteiger charge is 2.14. The third-order valence-electron chi connectivity index (χ3n) is 2.58. The Morgan fingerprint density at radius 2 is 2.00 bits per heavy atom. The number of halogens is 2. The smallest absolute Gasteiger partial charge is 0.292 e. The number of nitro groups is 1. The van der Waals surface area contributed by atoms with E-state index in [9.17, 15) is 14.5 Å². The standard InChI is InChI=1S/C13H10ClFN2O2/c14-10-5-6-13(17(18)19)12(7-10)16-8-9-3-1-2-4-11(9)15/h1-7,16H,8H2. The molecule has 1 N–H and O–H groups in total. The highest BCUT2D eigenvalue weighted by Crippen LogP contribution is 2.28. The molecule has 2 rings (SSSR count). The van der Waals surface area contributed by atoms with Crippen molar-refractivity contribution in [1.29, 1.82) is 0 Å². The Bertz CT molecular complexity index is 619. The molecule has 0 aliphatic carbocycles. The van der Waals surface area contributed by atoms with Crippen LogP contribution in [0, 0.1) is 15.9 Å². The summed E-state index contributed by atoms with van der Waals surface area (Å²) < 4.78 is 13.4. The van der Waals surface area contributed by atoms with Crippen molar-refractivity contribution >= 4 is 23.0 Å². The Labute approximate surface area is 114 Å². The lowest BCUT2D eigenvalue weighted by Crippen LogP contribution is -2.04. The third-order valence-corrected chi connectivity index (χ3v) is 2.82. The van der Waals surface area contributed by atoms with E-state index in [0.29, 0.717) is 10.6 Å². The van der Waals surface area contributed by atoms with Gasteiger partial charge in [0, 0.05) is 23.2 Å². The number of hydrogen-bond donors (Lipinski definition) is 1. The highest BCUT2D eigenvalue weighted by atomic mass is 35.5. The van der Waals surface area contributed by atoms with Crippen molar-refractivity contribution in [2.24, 2.45) is 0 Å². The van der Waals surface area contributed by atoms with Gasteiger partial charge in [-0.05, 0) is 18.2 Å². The molecule has 19 heavy (non-hydrogen) atoms. The Morgan fingerprint density at radius 1 is 1.26 bits per heavy atom. The molecule has 0 saturated heterocycles. The SMILES string of the molecule is O=[N+]([O-])c1ccc(Cl)cc1NCc1ccccc1F. The summed E-state index contributed by atoms with van der Waals surface area (Å²) in [7, 11) is 0. The van der Waals surface area contributed by atoms with Crippen LogP contribution in [0.5, 0.6) is 0 Å². The van der Waals surface area contributed by atoms with Crippen molar-refractivity contribution in [3.05, 3.63) is 69.0 Å². The topological polar surface area (TPSA) is 55.2 Å². The zero-order chi connectivity index (χ0) is 13.8. The first kappa shape index (κ1) is 13.3. The molecule has 0 aromatic heterocycles. The van der Waals surface area contributed by atoms with Crippen LogP contribution >= 0.6 is 11.6 Å². The van der Waals surface area contributed by atoms with Gasteiger partial charge in [-0.15, -0.1) is 0 Å². The van der Waals surface area contributed by atoms with Crippen molar-refractivity contribution in [1.82, 2.24) is 0 Å².